The van der Waals surface area contributed by atoms with Gasteiger partial charge in [0.2, 0.25) is 0 Å². The van der Waals surface area contributed by atoms with Gasteiger partial charge in [0.05, 0.1) is 6.54 Å². The molecule has 2 aliphatic heterocycles. The van der Waals surface area contributed by atoms with Gasteiger partial charge in [-0.2, -0.15) is 0 Å². The number of hydrogen-bond donors (Lipinski definition) is 1. The third-order valence-electron chi connectivity index (χ3n) is 4.33. The van der Waals surface area contributed by atoms with Crippen molar-refractivity contribution in [2.24, 2.45) is 5.73 Å². The largest absolute Gasteiger partial charge is 0.320 e. The summed E-state index contributed by atoms with van der Waals surface area (Å²) in [7, 11) is 0. The first kappa shape index (κ1) is 14.1. The van der Waals surface area contributed by atoms with Gasteiger partial charge < -0.3 is 5.73 Å². The summed E-state index contributed by atoms with van der Waals surface area (Å²) in [4.78, 5) is 6.70. The summed E-state index contributed by atoms with van der Waals surface area (Å²) in [6.45, 7) is 6.53. The Hall–Kier alpha value is -0.860. The monoisotopic (exact) mass is 289 g/mol. The van der Waals surface area contributed by atoms with E-state index in [9.17, 15) is 0 Å². The minimum absolute atomic E-state index is 0.441. The summed E-state index contributed by atoms with van der Waals surface area (Å²) in [6, 6.07) is 2.92. The molecule has 1 aromatic heterocycles. The lowest BCUT2D eigenvalue weighted by atomic mass is 10.2. The van der Waals surface area contributed by atoms with Crippen LogP contribution < -0.4 is 5.73 Å². The van der Waals surface area contributed by atoms with E-state index in [0.717, 1.165) is 12.6 Å². The van der Waals surface area contributed by atoms with Crippen molar-refractivity contribution in [1.82, 2.24) is 9.80 Å². The highest BCUT2D eigenvalue weighted by Gasteiger charge is 2.28. The Kier molecular flexibility index (Phi) is 4.74. The molecule has 1 aromatic rings. The average molecular weight is 289 g/mol. The molecule has 108 valence electrons. The SMILES string of the molecule is NCC#Cc1ccsc1CN1CCCN2CCCC2C1. The molecule has 2 N–H and O–H groups in total. The molecule has 0 spiro atoms. The van der Waals surface area contributed by atoms with Crippen LogP contribution in [0.4, 0.5) is 0 Å². The van der Waals surface area contributed by atoms with Crippen LogP contribution >= 0.6 is 11.3 Å². The molecule has 0 radical (unpaired) electrons. The topological polar surface area (TPSA) is 32.5 Å². The lowest BCUT2D eigenvalue weighted by molar-refractivity contribution is 0.216. The molecule has 2 fully saturated rings. The van der Waals surface area contributed by atoms with Crippen LogP contribution in [0.1, 0.15) is 29.7 Å². The van der Waals surface area contributed by atoms with Gasteiger partial charge in [0.25, 0.3) is 0 Å². The number of fused-ring (bicyclic) bond motifs is 1. The zero-order chi connectivity index (χ0) is 13.8. The highest BCUT2D eigenvalue weighted by molar-refractivity contribution is 7.10. The molecule has 1 atom stereocenters. The average Bonchev–Trinajstić information content (AvgIpc) is 3.03. The van der Waals surface area contributed by atoms with Crippen LogP contribution in [0.2, 0.25) is 0 Å². The second-order valence-electron chi connectivity index (χ2n) is 5.68. The van der Waals surface area contributed by atoms with E-state index < -0.39 is 0 Å². The minimum atomic E-state index is 0.441. The van der Waals surface area contributed by atoms with E-state index in [1.807, 2.05) is 11.3 Å². The van der Waals surface area contributed by atoms with Gasteiger partial charge in [-0.15, -0.1) is 11.3 Å². The molecule has 3 heterocycles. The summed E-state index contributed by atoms with van der Waals surface area (Å²) in [6.07, 6.45) is 4.05. The maximum absolute atomic E-state index is 5.47. The Balaban J connectivity index is 1.66. The van der Waals surface area contributed by atoms with Crippen molar-refractivity contribution in [1.29, 1.82) is 0 Å². The van der Waals surface area contributed by atoms with Gasteiger partial charge in [-0.3, -0.25) is 9.80 Å². The number of nitrogens with zero attached hydrogens (tertiary/aromatic N) is 2. The molecule has 2 saturated heterocycles. The normalized spacial score (nSPS) is 23.9. The zero-order valence-corrected chi connectivity index (χ0v) is 12.8. The molecule has 3 nitrogen and oxygen atoms in total. The summed E-state index contributed by atoms with van der Waals surface area (Å²) < 4.78 is 0. The van der Waals surface area contributed by atoms with Crippen molar-refractivity contribution in [3.05, 3.63) is 21.9 Å². The summed E-state index contributed by atoms with van der Waals surface area (Å²) in [5, 5.41) is 2.15. The van der Waals surface area contributed by atoms with Crippen molar-refractivity contribution in [3.63, 3.8) is 0 Å². The Labute approximate surface area is 125 Å². The van der Waals surface area contributed by atoms with Crippen molar-refractivity contribution in [3.8, 4) is 11.8 Å². The van der Waals surface area contributed by atoms with E-state index in [1.165, 1.54) is 55.9 Å². The molecule has 0 saturated carbocycles. The van der Waals surface area contributed by atoms with Crippen molar-refractivity contribution in [2.45, 2.75) is 31.8 Å². The molecule has 2 aliphatic rings. The summed E-state index contributed by atoms with van der Waals surface area (Å²) in [5.41, 5.74) is 6.65. The lowest BCUT2D eigenvalue weighted by Crippen LogP contribution is -2.36. The molecular weight excluding hydrogens is 266 g/mol. The van der Waals surface area contributed by atoms with Gasteiger partial charge in [-0.05, 0) is 50.3 Å². The Bertz CT molecular complexity index is 499. The van der Waals surface area contributed by atoms with Crippen molar-refractivity contribution in [2.75, 3.05) is 32.7 Å². The number of rotatable bonds is 2. The minimum Gasteiger partial charge on any atom is -0.320 e. The van der Waals surface area contributed by atoms with E-state index in [-0.39, 0.29) is 0 Å². The second kappa shape index (κ2) is 6.73. The highest BCUT2D eigenvalue weighted by Crippen LogP contribution is 2.24. The quantitative estimate of drug-likeness (QED) is 0.842. The third kappa shape index (κ3) is 3.24. The Morgan fingerprint density at radius 3 is 3.10 bits per heavy atom. The standard InChI is InChI=1S/C16H23N3S/c17-7-1-4-14-6-11-20-16(14)13-18-8-3-10-19-9-2-5-15(19)12-18/h6,11,15H,2-3,5,7-10,12-13,17H2. The predicted octanol–water partition coefficient (Wildman–Crippen LogP) is 1.73. The fourth-order valence-electron chi connectivity index (χ4n) is 3.35. The molecule has 0 amide bonds. The van der Waals surface area contributed by atoms with E-state index in [1.54, 1.807) is 0 Å². The van der Waals surface area contributed by atoms with Gasteiger partial charge >= 0.3 is 0 Å². The van der Waals surface area contributed by atoms with Crippen LogP contribution in [0.3, 0.4) is 0 Å². The van der Waals surface area contributed by atoms with Crippen LogP contribution in [0.15, 0.2) is 11.4 Å². The molecule has 3 rings (SSSR count). The van der Waals surface area contributed by atoms with Crippen molar-refractivity contribution < 1.29 is 0 Å². The van der Waals surface area contributed by atoms with Gasteiger partial charge in [0, 0.05) is 29.6 Å². The maximum Gasteiger partial charge on any atom is 0.0555 e. The van der Waals surface area contributed by atoms with Crippen LogP contribution in [-0.4, -0.2) is 48.6 Å². The number of nitrogens with two attached hydrogens (primary N) is 1. The van der Waals surface area contributed by atoms with E-state index in [0.29, 0.717) is 6.54 Å². The number of thiophene rings is 1. The molecular formula is C16H23N3S. The van der Waals surface area contributed by atoms with Crippen LogP contribution in [0.25, 0.3) is 0 Å². The fourth-order valence-corrected chi connectivity index (χ4v) is 4.22. The zero-order valence-electron chi connectivity index (χ0n) is 12.0. The molecule has 4 heteroatoms. The third-order valence-corrected chi connectivity index (χ3v) is 5.23. The molecule has 1 unspecified atom stereocenters. The van der Waals surface area contributed by atoms with Crippen LogP contribution in [0, 0.1) is 11.8 Å². The maximum atomic E-state index is 5.47. The Morgan fingerprint density at radius 1 is 1.30 bits per heavy atom. The summed E-state index contributed by atoms with van der Waals surface area (Å²) in [5.74, 6) is 6.18. The Morgan fingerprint density at radius 2 is 2.20 bits per heavy atom. The first-order valence-corrected chi connectivity index (χ1v) is 8.46. The molecule has 0 bridgehead atoms. The smallest absolute Gasteiger partial charge is 0.0555 e. The fraction of sp³-hybridized carbons (Fsp3) is 0.625. The molecule has 20 heavy (non-hydrogen) atoms. The van der Waals surface area contributed by atoms with Gasteiger partial charge in [-0.1, -0.05) is 11.8 Å². The second-order valence-corrected chi connectivity index (χ2v) is 6.68. The summed E-state index contributed by atoms with van der Waals surface area (Å²) >= 11 is 1.83. The van der Waals surface area contributed by atoms with E-state index in [4.69, 9.17) is 5.73 Å². The lowest BCUT2D eigenvalue weighted by Gasteiger charge is -2.25. The van der Waals surface area contributed by atoms with Crippen molar-refractivity contribution >= 4 is 11.3 Å². The predicted molar refractivity (Wildman–Crippen MR) is 84.7 cm³/mol. The number of hydrogen-bond acceptors (Lipinski definition) is 4. The first-order chi connectivity index (χ1) is 9.86. The first-order valence-electron chi connectivity index (χ1n) is 7.58. The van der Waals surface area contributed by atoms with E-state index in [2.05, 4.69) is 33.1 Å². The van der Waals surface area contributed by atoms with Crippen LogP contribution in [0.5, 0.6) is 0 Å². The van der Waals surface area contributed by atoms with Gasteiger partial charge in [-0.25, -0.2) is 0 Å². The highest BCUT2D eigenvalue weighted by atomic mass is 32.1. The van der Waals surface area contributed by atoms with Crippen LogP contribution in [-0.2, 0) is 6.54 Å². The van der Waals surface area contributed by atoms with E-state index >= 15 is 0 Å². The van der Waals surface area contributed by atoms with Gasteiger partial charge in [0.1, 0.15) is 0 Å². The van der Waals surface area contributed by atoms with Gasteiger partial charge in [0.15, 0.2) is 0 Å². The molecule has 0 aromatic carbocycles. The molecule has 0 aliphatic carbocycles.